The van der Waals surface area contributed by atoms with Gasteiger partial charge in [0.05, 0.1) is 12.7 Å². The minimum atomic E-state index is -0.476. The van der Waals surface area contributed by atoms with Crippen LogP contribution in [0.15, 0.2) is 15.8 Å². The van der Waals surface area contributed by atoms with Crippen LogP contribution >= 0.6 is 0 Å². The Morgan fingerprint density at radius 2 is 2.29 bits per heavy atom. The zero-order valence-corrected chi connectivity index (χ0v) is 9.84. The molecule has 0 saturated carbocycles. The van der Waals surface area contributed by atoms with Crippen LogP contribution in [0.5, 0.6) is 0 Å². The zero-order chi connectivity index (χ0) is 12.6. The Morgan fingerprint density at radius 1 is 1.59 bits per heavy atom. The molecule has 0 aromatic carbocycles. The van der Waals surface area contributed by atoms with Crippen LogP contribution in [0.1, 0.15) is 25.1 Å². The number of hydrogen-bond acceptors (Lipinski definition) is 4. The molecule has 1 aliphatic heterocycles. The van der Waals surface area contributed by atoms with E-state index in [0.29, 0.717) is 12.0 Å². The van der Waals surface area contributed by atoms with Gasteiger partial charge < -0.3 is 9.84 Å². The summed E-state index contributed by atoms with van der Waals surface area (Å²) in [7, 11) is 0. The molecule has 2 heterocycles. The highest BCUT2D eigenvalue weighted by Gasteiger charge is 2.33. The van der Waals surface area contributed by atoms with Gasteiger partial charge in [-0.15, -0.1) is 0 Å². The highest BCUT2D eigenvalue weighted by molar-refractivity contribution is 5.01. The summed E-state index contributed by atoms with van der Waals surface area (Å²) in [6.45, 7) is 3.54. The van der Waals surface area contributed by atoms with E-state index in [2.05, 4.69) is 4.98 Å². The number of ether oxygens (including phenoxy) is 1. The van der Waals surface area contributed by atoms with Crippen molar-refractivity contribution in [3.05, 3.63) is 32.6 Å². The molecule has 0 spiro atoms. The molecule has 2 rings (SSSR count). The maximum atomic E-state index is 11.6. The van der Waals surface area contributed by atoms with Crippen LogP contribution in [0.3, 0.4) is 0 Å². The highest BCUT2D eigenvalue weighted by Crippen LogP contribution is 2.31. The fourth-order valence-corrected chi connectivity index (χ4v) is 2.06. The summed E-state index contributed by atoms with van der Waals surface area (Å²) >= 11 is 0. The van der Waals surface area contributed by atoms with Crippen molar-refractivity contribution in [1.82, 2.24) is 9.55 Å². The lowest BCUT2D eigenvalue weighted by molar-refractivity contribution is -0.0313. The number of aryl methyl sites for hydroxylation is 1. The van der Waals surface area contributed by atoms with Gasteiger partial charge in [-0.3, -0.25) is 14.3 Å². The van der Waals surface area contributed by atoms with Crippen LogP contribution in [0.4, 0.5) is 0 Å². The summed E-state index contributed by atoms with van der Waals surface area (Å²) in [4.78, 5) is 25.1. The number of rotatable bonds is 2. The first-order valence-corrected chi connectivity index (χ1v) is 5.61. The van der Waals surface area contributed by atoms with Gasteiger partial charge in [0.2, 0.25) is 0 Å². The van der Waals surface area contributed by atoms with Crippen LogP contribution in [0.2, 0.25) is 0 Å². The van der Waals surface area contributed by atoms with Gasteiger partial charge in [-0.2, -0.15) is 0 Å². The molecule has 2 N–H and O–H groups in total. The monoisotopic (exact) mass is 240 g/mol. The van der Waals surface area contributed by atoms with Crippen LogP contribution in [-0.4, -0.2) is 27.4 Å². The van der Waals surface area contributed by atoms with Crippen molar-refractivity contribution in [3.63, 3.8) is 0 Å². The van der Waals surface area contributed by atoms with E-state index in [9.17, 15) is 9.59 Å². The summed E-state index contributed by atoms with van der Waals surface area (Å²) in [5.74, 6) is 0.184. The summed E-state index contributed by atoms with van der Waals surface area (Å²) in [5, 5.41) is 9.10. The number of hydrogen-bond donors (Lipinski definition) is 2. The van der Waals surface area contributed by atoms with Gasteiger partial charge in [0.1, 0.15) is 6.23 Å². The third-order valence-electron chi connectivity index (χ3n) is 3.18. The average molecular weight is 240 g/mol. The van der Waals surface area contributed by atoms with Crippen molar-refractivity contribution in [2.45, 2.75) is 32.6 Å². The smallest absolute Gasteiger partial charge is 0.330 e. The molecule has 94 valence electrons. The Kier molecular flexibility index (Phi) is 3.17. The number of nitrogens with zero attached hydrogens (tertiary/aromatic N) is 1. The molecule has 0 radical (unpaired) electrons. The van der Waals surface area contributed by atoms with Gasteiger partial charge in [-0.05, 0) is 19.3 Å². The predicted molar refractivity (Wildman–Crippen MR) is 60.8 cm³/mol. The van der Waals surface area contributed by atoms with Gasteiger partial charge in [0.15, 0.2) is 0 Å². The molecule has 3 atom stereocenters. The lowest BCUT2D eigenvalue weighted by atomic mass is 10.0. The quantitative estimate of drug-likeness (QED) is 0.747. The van der Waals surface area contributed by atoms with Crippen LogP contribution in [0, 0.1) is 12.8 Å². The van der Waals surface area contributed by atoms with Crippen molar-refractivity contribution in [3.8, 4) is 0 Å². The number of aliphatic hydroxyl groups is 1. The molecule has 1 aliphatic rings. The van der Waals surface area contributed by atoms with E-state index in [1.165, 1.54) is 10.8 Å². The van der Waals surface area contributed by atoms with Gasteiger partial charge >= 0.3 is 5.69 Å². The molecular weight excluding hydrogens is 224 g/mol. The fraction of sp³-hybridized carbons (Fsp3) is 0.636. The average Bonchev–Trinajstić information content (AvgIpc) is 2.65. The summed E-state index contributed by atoms with van der Waals surface area (Å²) in [6, 6.07) is 0. The third kappa shape index (κ3) is 2.18. The van der Waals surface area contributed by atoms with E-state index in [-0.39, 0.29) is 24.2 Å². The molecule has 0 aliphatic carbocycles. The van der Waals surface area contributed by atoms with E-state index in [0.717, 1.165) is 0 Å². The zero-order valence-electron chi connectivity index (χ0n) is 9.84. The van der Waals surface area contributed by atoms with E-state index >= 15 is 0 Å². The van der Waals surface area contributed by atoms with E-state index in [1.807, 2.05) is 6.92 Å². The van der Waals surface area contributed by atoms with Gasteiger partial charge in [-0.1, -0.05) is 6.92 Å². The SMILES string of the molecule is Cc1cn([C@H]2CC(C)[C@H](CO)O2)c(=O)[nH]c1=O. The van der Waals surface area contributed by atoms with E-state index < -0.39 is 11.9 Å². The molecule has 17 heavy (non-hydrogen) atoms. The van der Waals surface area contributed by atoms with E-state index in [4.69, 9.17) is 9.84 Å². The number of H-pyrrole nitrogens is 1. The maximum Gasteiger partial charge on any atom is 0.330 e. The Balaban J connectivity index is 2.34. The number of aliphatic hydroxyl groups excluding tert-OH is 1. The maximum absolute atomic E-state index is 11.6. The Bertz CT molecular complexity index is 519. The van der Waals surface area contributed by atoms with Crippen LogP contribution < -0.4 is 11.2 Å². The molecule has 1 saturated heterocycles. The summed E-state index contributed by atoms with van der Waals surface area (Å²) < 4.78 is 6.95. The molecule has 0 amide bonds. The molecular formula is C11H16N2O4. The Morgan fingerprint density at radius 3 is 2.88 bits per heavy atom. The van der Waals surface area contributed by atoms with Crippen molar-refractivity contribution < 1.29 is 9.84 Å². The first-order chi connectivity index (χ1) is 8.02. The van der Waals surface area contributed by atoms with Crippen molar-refractivity contribution >= 4 is 0 Å². The first kappa shape index (κ1) is 12.1. The molecule has 1 aromatic heterocycles. The van der Waals surface area contributed by atoms with Crippen LogP contribution in [-0.2, 0) is 4.74 Å². The molecule has 0 bridgehead atoms. The second-order valence-corrected chi connectivity index (χ2v) is 4.50. The second-order valence-electron chi connectivity index (χ2n) is 4.50. The first-order valence-electron chi connectivity index (χ1n) is 5.61. The lowest BCUT2D eigenvalue weighted by Gasteiger charge is -2.14. The fourth-order valence-electron chi connectivity index (χ4n) is 2.06. The second kappa shape index (κ2) is 4.46. The number of aromatic nitrogens is 2. The van der Waals surface area contributed by atoms with Crippen molar-refractivity contribution in [1.29, 1.82) is 0 Å². The highest BCUT2D eigenvalue weighted by atomic mass is 16.5. The molecule has 1 aromatic rings. The minimum absolute atomic E-state index is 0.0608. The van der Waals surface area contributed by atoms with Crippen molar-refractivity contribution in [2.75, 3.05) is 6.61 Å². The van der Waals surface area contributed by atoms with Gasteiger partial charge in [0, 0.05) is 11.8 Å². The lowest BCUT2D eigenvalue weighted by Crippen LogP contribution is -2.33. The summed E-state index contributed by atoms with van der Waals surface area (Å²) in [6.07, 6.45) is 1.49. The van der Waals surface area contributed by atoms with E-state index in [1.54, 1.807) is 6.92 Å². The van der Waals surface area contributed by atoms with Crippen LogP contribution in [0.25, 0.3) is 0 Å². The topological polar surface area (TPSA) is 84.3 Å². The molecule has 1 fully saturated rings. The standard InChI is InChI=1S/C11H16N2O4/c1-6-3-9(17-8(6)5-14)13-4-7(2)10(15)12-11(13)16/h4,6,8-9,14H,3,5H2,1-2H3,(H,12,15,16)/t6?,8-,9+/m0/s1. The largest absolute Gasteiger partial charge is 0.394 e. The third-order valence-corrected chi connectivity index (χ3v) is 3.18. The van der Waals surface area contributed by atoms with Gasteiger partial charge in [0.25, 0.3) is 5.56 Å². The Labute approximate surface area is 97.9 Å². The normalized spacial score (nSPS) is 28.5. The molecule has 1 unspecified atom stereocenters. The Hall–Kier alpha value is -1.40. The molecule has 6 nitrogen and oxygen atoms in total. The number of aromatic amines is 1. The minimum Gasteiger partial charge on any atom is -0.394 e. The van der Waals surface area contributed by atoms with Gasteiger partial charge in [-0.25, -0.2) is 4.79 Å². The summed E-state index contributed by atoms with van der Waals surface area (Å²) in [5.41, 5.74) is -0.388. The van der Waals surface area contributed by atoms with Crippen molar-refractivity contribution in [2.24, 2.45) is 5.92 Å². The molecule has 6 heteroatoms. The predicted octanol–water partition coefficient (Wildman–Crippen LogP) is -0.239. The number of nitrogens with one attached hydrogen (secondary N) is 1.